The number of aromatic nitrogens is 2. The number of pyridine rings is 1. The fraction of sp³-hybridized carbons (Fsp3) is 0.300. The quantitative estimate of drug-likeness (QED) is 0.567. The highest BCUT2D eigenvalue weighted by atomic mass is 16.7. The monoisotopic (exact) mass is 350 g/mol. The van der Waals surface area contributed by atoms with Crippen molar-refractivity contribution in [2.45, 2.75) is 24.5 Å². The van der Waals surface area contributed by atoms with Crippen LogP contribution in [0.15, 0.2) is 42.5 Å². The fourth-order valence-electron chi connectivity index (χ4n) is 3.91. The number of para-hydroxylation sites is 1. The summed E-state index contributed by atoms with van der Waals surface area (Å²) in [4.78, 5) is 20.3. The summed E-state index contributed by atoms with van der Waals surface area (Å²) >= 11 is 0. The summed E-state index contributed by atoms with van der Waals surface area (Å²) in [5.74, 6) is -0.394. The zero-order valence-electron chi connectivity index (χ0n) is 14.3. The van der Waals surface area contributed by atoms with Crippen LogP contribution >= 0.6 is 0 Å². The normalized spacial score (nSPS) is 24.9. The van der Waals surface area contributed by atoms with E-state index in [4.69, 9.17) is 14.2 Å². The zero-order chi connectivity index (χ0) is 17.7. The topological polar surface area (TPSA) is 73.4 Å². The highest BCUT2D eigenvalue weighted by molar-refractivity contribution is 6.09. The van der Waals surface area contributed by atoms with Gasteiger partial charge in [-0.25, -0.2) is 9.78 Å². The first-order valence-corrected chi connectivity index (χ1v) is 8.66. The van der Waals surface area contributed by atoms with Crippen molar-refractivity contribution >= 4 is 27.8 Å². The minimum Gasteiger partial charge on any atom is -0.464 e. The maximum atomic E-state index is 12.2. The Morgan fingerprint density at radius 1 is 1.23 bits per heavy atom. The SMILES string of the molecule is COC(=O)c1cc2c([nH]c3ccccc32)c(C2C=CC3OCOC3C2)n1. The zero-order valence-corrected chi connectivity index (χ0v) is 14.3. The Labute approximate surface area is 149 Å². The highest BCUT2D eigenvalue weighted by Crippen LogP contribution is 2.37. The third kappa shape index (κ3) is 2.34. The highest BCUT2D eigenvalue weighted by Gasteiger charge is 2.34. The number of carbonyl (C=O) groups excluding carboxylic acids is 1. The molecule has 1 aliphatic heterocycles. The molecule has 0 bridgehead atoms. The first kappa shape index (κ1) is 15.5. The number of allylic oxidation sites excluding steroid dienone is 1. The third-order valence-electron chi connectivity index (χ3n) is 5.20. The Hall–Kier alpha value is -2.70. The maximum Gasteiger partial charge on any atom is 0.356 e. The molecule has 3 unspecified atom stereocenters. The number of fused-ring (bicyclic) bond motifs is 4. The minimum absolute atomic E-state index is 0.00763. The van der Waals surface area contributed by atoms with Crippen LogP contribution in [0, 0.1) is 0 Å². The Morgan fingerprint density at radius 3 is 3.00 bits per heavy atom. The van der Waals surface area contributed by atoms with Crippen molar-refractivity contribution in [3.63, 3.8) is 0 Å². The van der Waals surface area contributed by atoms with Crippen LogP contribution in [0.2, 0.25) is 0 Å². The van der Waals surface area contributed by atoms with E-state index in [-0.39, 0.29) is 18.1 Å². The van der Waals surface area contributed by atoms with Gasteiger partial charge in [-0.15, -0.1) is 0 Å². The van der Waals surface area contributed by atoms with Gasteiger partial charge in [-0.05, 0) is 18.6 Å². The number of esters is 1. The summed E-state index contributed by atoms with van der Waals surface area (Å²) in [5, 5.41) is 2.04. The number of benzene rings is 1. The number of nitrogens with zero attached hydrogens (tertiary/aromatic N) is 1. The lowest BCUT2D eigenvalue weighted by Gasteiger charge is -2.24. The number of carbonyl (C=O) groups is 1. The molecule has 3 atom stereocenters. The second-order valence-corrected chi connectivity index (χ2v) is 6.66. The summed E-state index contributed by atoms with van der Waals surface area (Å²) in [7, 11) is 1.37. The Morgan fingerprint density at radius 2 is 2.12 bits per heavy atom. The average Bonchev–Trinajstić information content (AvgIpc) is 3.30. The molecule has 1 N–H and O–H groups in total. The van der Waals surface area contributed by atoms with Crippen LogP contribution in [-0.2, 0) is 14.2 Å². The van der Waals surface area contributed by atoms with Gasteiger partial charge in [0.05, 0.1) is 24.4 Å². The fourth-order valence-corrected chi connectivity index (χ4v) is 3.91. The molecule has 0 spiro atoms. The van der Waals surface area contributed by atoms with Crippen LogP contribution in [0.4, 0.5) is 0 Å². The van der Waals surface area contributed by atoms with Crippen LogP contribution in [0.5, 0.6) is 0 Å². The predicted octanol–water partition coefficient (Wildman–Crippen LogP) is 3.29. The molecule has 3 aromatic rings. The van der Waals surface area contributed by atoms with E-state index in [1.165, 1.54) is 7.11 Å². The lowest BCUT2D eigenvalue weighted by molar-refractivity contribution is 0.0416. The van der Waals surface area contributed by atoms with Gasteiger partial charge in [-0.2, -0.15) is 0 Å². The molecule has 2 aromatic heterocycles. The van der Waals surface area contributed by atoms with Crippen molar-refractivity contribution < 1.29 is 19.0 Å². The van der Waals surface area contributed by atoms with Gasteiger partial charge in [-0.3, -0.25) is 0 Å². The summed E-state index contributed by atoms with van der Waals surface area (Å²) < 4.78 is 16.1. The standard InChI is InChI=1S/C20H18N2O4/c1-24-20(23)15-9-13-12-4-2-3-5-14(12)21-19(13)18(22-15)11-6-7-16-17(8-11)26-10-25-16/h2-7,9,11,16-17,21H,8,10H2,1H3. The van der Waals surface area contributed by atoms with Gasteiger partial charge in [0.2, 0.25) is 0 Å². The van der Waals surface area contributed by atoms with Crippen LogP contribution in [0.1, 0.15) is 28.5 Å². The summed E-state index contributed by atoms with van der Waals surface area (Å²) in [6.07, 6.45) is 4.93. The van der Waals surface area contributed by atoms with Crippen molar-refractivity contribution in [3.8, 4) is 0 Å². The average molecular weight is 350 g/mol. The van der Waals surface area contributed by atoms with E-state index < -0.39 is 5.97 Å². The smallest absolute Gasteiger partial charge is 0.356 e. The van der Waals surface area contributed by atoms with Crippen molar-refractivity contribution in [3.05, 3.63) is 53.9 Å². The minimum atomic E-state index is -0.434. The number of methoxy groups -OCH3 is 1. The van der Waals surface area contributed by atoms with E-state index in [0.717, 1.165) is 33.9 Å². The van der Waals surface area contributed by atoms with E-state index in [2.05, 4.69) is 16.0 Å². The number of aromatic amines is 1. The van der Waals surface area contributed by atoms with Crippen molar-refractivity contribution in [2.24, 2.45) is 0 Å². The first-order valence-electron chi connectivity index (χ1n) is 8.66. The van der Waals surface area contributed by atoms with E-state index in [1.54, 1.807) is 6.07 Å². The van der Waals surface area contributed by atoms with Gasteiger partial charge in [-0.1, -0.05) is 30.4 Å². The number of hydrogen-bond acceptors (Lipinski definition) is 5. The van der Waals surface area contributed by atoms with Crippen LogP contribution in [0.25, 0.3) is 21.8 Å². The molecule has 0 amide bonds. The number of nitrogens with one attached hydrogen (secondary N) is 1. The van der Waals surface area contributed by atoms with Crippen LogP contribution in [-0.4, -0.2) is 42.0 Å². The van der Waals surface area contributed by atoms with Crippen LogP contribution < -0.4 is 0 Å². The summed E-state index contributed by atoms with van der Waals surface area (Å²) in [6, 6.07) is 9.84. The van der Waals surface area contributed by atoms with Gasteiger partial charge in [0, 0.05) is 22.2 Å². The molecule has 132 valence electrons. The van der Waals surface area contributed by atoms with Gasteiger partial charge in [0.25, 0.3) is 0 Å². The molecule has 5 rings (SSSR count). The van der Waals surface area contributed by atoms with Gasteiger partial charge in [0.15, 0.2) is 0 Å². The van der Waals surface area contributed by atoms with Crippen molar-refractivity contribution in [1.29, 1.82) is 0 Å². The molecule has 0 radical (unpaired) electrons. The third-order valence-corrected chi connectivity index (χ3v) is 5.20. The van der Waals surface area contributed by atoms with Gasteiger partial charge in [0.1, 0.15) is 18.6 Å². The molecular formula is C20H18N2O4. The van der Waals surface area contributed by atoms with Gasteiger partial charge < -0.3 is 19.2 Å². The van der Waals surface area contributed by atoms with Crippen molar-refractivity contribution in [1.82, 2.24) is 9.97 Å². The number of H-pyrrole nitrogens is 1. The first-order chi connectivity index (χ1) is 12.7. The molecule has 2 aliphatic rings. The van der Waals surface area contributed by atoms with E-state index >= 15 is 0 Å². The molecule has 1 fully saturated rings. The molecule has 1 aromatic carbocycles. The summed E-state index contributed by atoms with van der Waals surface area (Å²) in [6.45, 7) is 0.323. The number of ether oxygens (including phenoxy) is 3. The molecular weight excluding hydrogens is 332 g/mol. The lowest BCUT2D eigenvalue weighted by Crippen LogP contribution is -2.27. The second kappa shape index (κ2) is 5.93. The largest absolute Gasteiger partial charge is 0.464 e. The van der Waals surface area contributed by atoms with Crippen LogP contribution in [0.3, 0.4) is 0 Å². The molecule has 3 heterocycles. The van der Waals surface area contributed by atoms with Gasteiger partial charge >= 0.3 is 5.97 Å². The predicted molar refractivity (Wildman–Crippen MR) is 96.1 cm³/mol. The molecule has 6 heteroatoms. The molecule has 1 aliphatic carbocycles. The van der Waals surface area contributed by atoms with Crippen molar-refractivity contribution in [2.75, 3.05) is 13.9 Å². The number of hydrogen-bond donors (Lipinski definition) is 1. The van der Waals surface area contributed by atoms with E-state index in [1.807, 2.05) is 30.3 Å². The molecule has 0 saturated carbocycles. The summed E-state index contributed by atoms with van der Waals surface area (Å²) in [5.41, 5.74) is 3.12. The molecule has 6 nitrogen and oxygen atoms in total. The molecule has 26 heavy (non-hydrogen) atoms. The second-order valence-electron chi connectivity index (χ2n) is 6.66. The van der Waals surface area contributed by atoms with E-state index in [9.17, 15) is 4.79 Å². The Balaban J connectivity index is 1.72. The van der Waals surface area contributed by atoms with E-state index in [0.29, 0.717) is 12.5 Å². The number of rotatable bonds is 2. The Kier molecular flexibility index (Phi) is 3.55. The maximum absolute atomic E-state index is 12.2. The lowest BCUT2D eigenvalue weighted by atomic mass is 9.88. The Bertz CT molecular complexity index is 1040. The molecule has 1 saturated heterocycles.